The predicted octanol–water partition coefficient (Wildman–Crippen LogP) is 2.93. The highest BCUT2D eigenvalue weighted by Crippen LogP contribution is 2.38. The van der Waals surface area contributed by atoms with Crippen LogP contribution in [0.2, 0.25) is 0 Å². The van der Waals surface area contributed by atoms with E-state index in [-0.39, 0.29) is 4.95 Å². The minimum atomic E-state index is 0.0515. The zero-order valence-electron chi connectivity index (χ0n) is 10.3. The Balaban J connectivity index is 3.40. The molecule has 16 heavy (non-hydrogen) atoms. The van der Waals surface area contributed by atoms with E-state index in [9.17, 15) is 0 Å². The lowest BCUT2D eigenvalue weighted by Crippen LogP contribution is -2.12. The van der Waals surface area contributed by atoms with Crippen LogP contribution in [0.1, 0.15) is 21.6 Å². The summed E-state index contributed by atoms with van der Waals surface area (Å²) in [4.78, 5) is 0.0515. The number of alkyl halides is 1. The minimum absolute atomic E-state index is 0.0515. The fourth-order valence-corrected chi connectivity index (χ4v) is 2.05. The SMILES string of the molecule is CNC(Br)c1cc(OC)c(C)c(C)c1OC. The number of ether oxygens (including phenoxy) is 2. The Kier molecular flexibility index (Phi) is 4.62. The zero-order valence-corrected chi connectivity index (χ0v) is 11.9. The highest BCUT2D eigenvalue weighted by molar-refractivity contribution is 9.09. The molecule has 4 heteroatoms. The first-order valence-corrected chi connectivity index (χ1v) is 6.01. The van der Waals surface area contributed by atoms with Crippen molar-refractivity contribution in [1.82, 2.24) is 5.32 Å². The van der Waals surface area contributed by atoms with Crippen molar-refractivity contribution >= 4 is 15.9 Å². The summed E-state index contributed by atoms with van der Waals surface area (Å²) in [6.07, 6.45) is 0. The molecule has 1 aromatic rings. The van der Waals surface area contributed by atoms with Gasteiger partial charge in [-0.2, -0.15) is 0 Å². The molecule has 1 rings (SSSR count). The molecule has 0 aliphatic carbocycles. The van der Waals surface area contributed by atoms with Crippen LogP contribution in [0.15, 0.2) is 6.07 Å². The molecule has 1 unspecified atom stereocenters. The van der Waals surface area contributed by atoms with Gasteiger partial charge >= 0.3 is 0 Å². The fraction of sp³-hybridized carbons (Fsp3) is 0.500. The van der Waals surface area contributed by atoms with E-state index in [0.717, 1.165) is 28.2 Å². The molecule has 0 fully saturated rings. The Morgan fingerprint density at radius 3 is 2.25 bits per heavy atom. The van der Waals surface area contributed by atoms with Crippen LogP contribution in [0.3, 0.4) is 0 Å². The van der Waals surface area contributed by atoms with Gasteiger partial charge in [-0.1, -0.05) is 15.9 Å². The molecule has 0 spiro atoms. The first-order valence-electron chi connectivity index (χ1n) is 5.10. The summed E-state index contributed by atoms with van der Waals surface area (Å²) in [5.41, 5.74) is 3.26. The van der Waals surface area contributed by atoms with Crippen LogP contribution in [0.5, 0.6) is 11.5 Å². The van der Waals surface area contributed by atoms with Crippen molar-refractivity contribution in [2.45, 2.75) is 18.8 Å². The number of rotatable bonds is 4. The molecule has 0 bridgehead atoms. The van der Waals surface area contributed by atoms with Crippen LogP contribution < -0.4 is 14.8 Å². The maximum Gasteiger partial charge on any atom is 0.127 e. The molecule has 3 nitrogen and oxygen atoms in total. The molecule has 90 valence electrons. The lowest BCUT2D eigenvalue weighted by atomic mass is 10.0. The van der Waals surface area contributed by atoms with Crippen LogP contribution in [0.4, 0.5) is 0 Å². The van der Waals surface area contributed by atoms with E-state index in [0.29, 0.717) is 0 Å². The van der Waals surface area contributed by atoms with Crippen LogP contribution in [-0.4, -0.2) is 21.3 Å². The van der Waals surface area contributed by atoms with E-state index in [1.807, 2.05) is 27.0 Å². The molecule has 0 amide bonds. The Morgan fingerprint density at radius 2 is 1.81 bits per heavy atom. The van der Waals surface area contributed by atoms with E-state index >= 15 is 0 Å². The topological polar surface area (TPSA) is 30.5 Å². The Bertz CT molecular complexity index is 380. The molecule has 0 aliphatic heterocycles. The van der Waals surface area contributed by atoms with Crippen molar-refractivity contribution in [1.29, 1.82) is 0 Å². The normalized spacial score (nSPS) is 12.4. The first-order chi connectivity index (χ1) is 7.56. The van der Waals surface area contributed by atoms with E-state index in [1.165, 1.54) is 0 Å². The summed E-state index contributed by atoms with van der Waals surface area (Å²) in [5, 5.41) is 3.14. The Morgan fingerprint density at radius 1 is 1.19 bits per heavy atom. The third-order valence-electron chi connectivity index (χ3n) is 2.77. The molecule has 1 aromatic carbocycles. The quantitative estimate of drug-likeness (QED) is 0.682. The minimum Gasteiger partial charge on any atom is -0.496 e. The molecule has 0 heterocycles. The van der Waals surface area contributed by atoms with Crippen molar-refractivity contribution in [3.63, 3.8) is 0 Å². The number of hydrogen-bond donors (Lipinski definition) is 1. The Hall–Kier alpha value is -0.740. The fourth-order valence-electron chi connectivity index (χ4n) is 1.71. The van der Waals surface area contributed by atoms with Gasteiger partial charge in [0.25, 0.3) is 0 Å². The van der Waals surface area contributed by atoms with E-state index < -0.39 is 0 Å². The molecule has 0 saturated carbocycles. The van der Waals surface area contributed by atoms with Gasteiger partial charge < -0.3 is 14.8 Å². The second kappa shape index (κ2) is 5.55. The summed E-state index contributed by atoms with van der Waals surface area (Å²) < 4.78 is 10.8. The average Bonchev–Trinajstić information content (AvgIpc) is 2.31. The second-order valence-corrected chi connectivity index (χ2v) is 4.52. The van der Waals surface area contributed by atoms with Crippen molar-refractivity contribution in [2.75, 3.05) is 21.3 Å². The van der Waals surface area contributed by atoms with Crippen LogP contribution in [0.25, 0.3) is 0 Å². The first kappa shape index (κ1) is 13.3. The standard InChI is InChI=1S/C12H18BrNO2/c1-7-8(2)11(16-5)9(12(13)14-3)6-10(7)15-4/h6,12,14H,1-5H3. The number of nitrogens with one attached hydrogen (secondary N) is 1. The monoisotopic (exact) mass is 287 g/mol. The van der Waals surface area contributed by atoms with E-state index in [1.54, 1.807) is 14.2 Å². The molecule has 0 aliphatic rings. The average molecular weight is 288 g/mol. The third kappa shape index (κ3) is 2.33. The molecule has 0 saturated heterocycles. The van der Waals surface area contributed by atoms with Crippen molar-refractivity contribution < 1.29 is 9.47 Å². The number of hydrogen-bond acceptors (Lipinski definition) is 3. The van der Waals surface area contributed by atoms with Gasteiger partial charge in [0.2, 0.25) is 0 Å². The predicted molar refractivity (Wildman–Crippen MR) is 69.7 cm³/mol. The van der Waals surface area contributed by atoms with Crippen molar-refractivity contribution in [2.24, 2.45) is 0 Å². The van der Waals surface area contributed by atoms with Gasteiger partial charge in [0.05, 0.1) is 19.2 Å². The third-order valence-corrected chi connectivity index (χ3v) is 3.72. The maximum absolute atomic E-state index is 5.45. The number of methoxy groups -OCH3 is 2. The Labute approximate surface area is 105 Å². The van der Waals surface area contributed by atoms with Gasteiger partial charge in [-0.15, -0.1) is 0 Å². The van der Waals surface area contributed by atoms with Gasteiger partial charge in [-0.3, -0.25) is 0 Å². The molecular formula is C12H18BrNO2. The zero-order chi connectivity index (χ0) is 12.3. The summed E-state index contributed by atoms with van der Waals surface area (Å²) >= 11 is 3.55. The summed E-state index contributed by atoms with van der Waals surface area (Å²) in [6.45, 7) is 4.07. The largest absolute Gasteiger partial charge is 0.496 e. The maximum atomic E-state index is 5.45. The molecular weight excluding hydrogens is 270 g/mol. The number of halogens is 1. The summed E-state index contributed by atoms with van der Waals surface area (Å²) in [5.74, 6) is 1.78. The molecule has 1 N–H and O–H groups in total. The van der Waals surface area contributed by atoms with Crippen LogP contribution in [-0.2, 0) is 0 Å². The van der Waals surface area contributed by atoms with E-state index in [2.05, 4.69) is 21.2 Å². The van der Waals surface area contributed by atoms with Gasteiger partial charge in [0.15, 0.2) is 0 Å². The second-order valence-electron chi connectivity index (χ2n) is 3.60. The van der Waals surface area contributed by atoms with Gasteiger partial charge in [0.1, 0.15) is 11.5 Å². The molecule has 1 atom stereocenters. The lowest BCUT2D eigenvalue weighted by molar-refractivity contribution is 0.392. The number of benzene rings is 1. The molecule has 0 radical (unpaired) electrons. The smallest absolute Gasteiger partial charge is 0.127 e. The van der Waals surface area contributed by atoms with Gasteiger partial charge in [0, 0.05) is 5.56 Å². The highest BCUT2D eigenvalue weighted by atomic mass is 79.9. The van der Waals surface area contributed by atoms with Crippen molar-refractivity contribution in [3.05, 3.63) is 22.8 Å². The van der Waals surface area contributed by atoms with Crippen LogP contribution >= 0.6 is 15.9 Å². The molecule has 0 aromatic heterocycles. The summed E-state index contributed by atoms with van der Waals surface area (Å²) in [7, 11) is 5.26. The van der Waals surface area contributed by atoms with E-state index in [4.69, 9.17) is 9.47 Å². The van der Waals surface area contributed by atoms with Gasteiger partial charge in [-0.05, 0) is 38.1 Å². The van der Waals surface area contributed by atoms with Gasteiger partial charge in [-0.25, -0.2) is 0 Å². The lowest BCUT2D eigenvalue weighted by Gasteiger charge is -2.19. The highest BCUT2D eigenvalue weighted by Gasteiger charge is 2.18. The van der Waals surface area contributed by atoms with Crippen LogP contribution in [0, 0.1) is 13.8 Å². The summed E-state index contributed by atoms with van der Waals surface area (Å²) in [6, 6.07) is 2.00. The van der Waals surface area contributed by atoms with Crippen molar-refractivity contribution in [3.8, 4) is 11.5 Å².